The number of aromatic nitrogens is 3. The molecule has 0 spiro atoms. The molecule has 2 N–H and O–H groups in total. The maximum atomic E-state index is 13.4. The molecule has 2 atom stereocenters. The van der Waals surface area contributed by atoms with Gasteiger partial charge < -0.3 is 15.5 Å². The molecule has 0 bridgehead atoms. The van der Waals surface area contributed by atoms with E-state index >= 15 is 0 Å². The second-order valence-electron chi connectivity index (χ2n) is 7.28. The van der Waals surface area contributed by atoms with E-state index in [0.29, 0.717) is 22.4 Å². The third-order valence-corrected chi connectivity index (χ3v) is 6.44. The molecule has 1 amide bonds. The van der Waals surface area contributed by atoms with Crippen LogP contribution in [0.5, 0.6) is 5.75 Å². The minimum atomic E-state index is -0.455. The van der Waals surface area contributed by atoms with Crippen LogP contribution in [0.25, 0.3) is 11.4 Å². The molecule has 0 radical (unpaired) electrons. The Labute approximate surface area is 189 Å². The Kier molecular flexibility index (Phi) is 5.51. The summed E-state index contributed by atoms with van der Waals surface area (Å²) in [5.74, 6) is 1.27. The molecule has 1 aliphatic rings. The summed E-state index contributed by atoms with van der Waals surface area (Å²) in [4.78, 5) is 13.4. The molecule has 160 valence electrons. The highest BCUT2D eigenvalue weighted by Crippen LogP contribution is 2.39. The molecule has 0 aliphatic carbocycles. The molecule has 0 unspecified atom stereocenters. The van der Waals surface area contributed by atoms with Gasteiger partial charge in [0.05, 0.1) is 13.2 Å². The van der Waals surface area contributed by atoms with Crippen molar-refractivity contribution in [3.63, 3.8) is 0 Å². The van der Waals surface area contributed by atoms with Gasteiger partial charge in [0.2, 0.25) is 11.1 Å². The van der Waals surface area contributed by atoms with Gasteiger partial charge in [0.25, 0.3) is 0 Å². The largest absolute Gasteiger partial charge is 0.497 e. The van der Waals surface area contributed by atoms with Gasteiger partial charge in [0.1, 0.15) is 11.0 Å². The Balaban J connectivity index is 1.49. The predicted octanol–water partition coefficient (Wildman–Crippen LogP) is 4.35. The molecule has 7 nitrogen and oxygen atoms in total. The molecule has 32 heavy (non-hydrogen) atoms. The van der Waals surface area contributed by atoms with E-state index in [1.807, 2.05) is 83.5 Å². The van der Waals surface area contributed by atoms with Crippen molar-refractivity contribution < 1.29 is 9.53 Å². The summed E-state index contributed by atoms with van der Waals surface area (Å²) >= 11 is 1.40. The van der Waals surface area contributed by atoms with Crippen molar-refractivity contribution in [2.45, 2.75) is 16.4 Å². The van der Waals surface area contributed by atoms with Gasteiger partial charge in [-0.15, -0.1) is 10.2 Å². The maximum absolute atomic E-state index is 13.4. The van der Waals surface area contributed by atoms with Crippen LogP contribution in [0, 0.1) is 0 Å². The van der Waals surface area contributed by atoms with Crippen LogP contribution in [0.15, 0.2) is 90.1 Å². The number of benzene rings is 3. The fourth-order valence-corrected chi connectivity index (χ4v) is 4.73. The molecule has 8 heteroatoms. The van der Waals surface area contributed by atoms with E-state index in [0.717, 1.165) is 11.1 Å². The van der Waals surface area contributed by atoms with E-state index in [1.54, 1.807) is 13.2 Å². The number of hydrogen-bond donors (Lipinski definition) is 2. The predicted molar refractivity (Wildman–Crippen MR) is 125 cm³/mol. The van der Waals surface area contributed by atoms with Crippen molar-refractivity contribution in [1.29, 1.82) is 0 Å². The lowest BCUT2D eigenvalue weighted by Gasteiger charge is -2.33. The van der Waals surface area contributed by atoms with Crippen LogP contribution in [0.3, 0.4) is 0 Å². The number of nitrogens with zero attached hydrogens (tertiary/aromatic N) is 3. The topological polar surface area (TPSA) is 81.1 Å². The van der Waals surface area contributed by atoms with Crippen LogP contribution in [0.1, 0.15) is 11.6 Å². The molecule has 0 fully saturated rings. The van der Waals surface area contributed by atoms with Gasteiger partial charge in [-0.25, -0.2) is 4.68 Å². The average Bonchev–Trinajstić information content (AvgIpc) is 3.27. The Morgan fingerprint density at radius 2 is 1.75 bits per heavy atom. The number of amides is 1. The maximum Gasteiger partial charge on any atom is 0.240 e. The van der Waals surface area contributed by atoms with E-state index in [1.165, 1.54) is 11.8 Å². The SMILES string of the molecule is COc1cccc(NC(=O)[C@@H]2Sc3nnc(-c4ccccc4)n3N[C@H]2c2ccccc2)c1. The number of fused-ring (bicyclic) bond motifs is 1. The van der Waals surface area contributed by atoms with Gasteiger partial charge >= 0.3 is 0 Å². The number of rotatable bonds is 5. The quantitative estimate of drug-likeness (QED) is 0.477. The van der Waals surface area contributed by atoms with Crippen molar-refractivity contribution in [3.8, 4) is 17.1 Å². The summed E-state index contributed by atoms with van der Waals surface area (Å²) in [6, 6.07) is 26.9. The molecule has 0 saturated carbocycles. The fraction of sp³-hybridized carbons (Fsp3) is 0.125. The highest BCUT2D eigenvalue weighted by molar-refractivity contribution is 8.00. The highest BCUT2D eigenvalue weighted by Gasteiger charge is 2.38. The molecule has 4 aromatic rings. The van der Waals surface area contributed by atoms with Gasteiger partial charge in [0, 0.05) is 17.3 Å². The molecule has 5 rings (SSSR count). The number of carbonyl (C=O) groups excluding carboxylic acids is 1. The van der Waals surface area contributed by atoms with E-state index in [4.69, 9.17) is 4.74 Å². The zero-order valence-electron chi connectivity index (χ0n) is 17.3. The zero-order valence-corrected chi connectivity index (χ0v) is 18.1. The first-order valence-corrected chi connectivity index (χ1v) is 11.0. The van der Waals surface area contributed by atoms with Gasteiger partial charge in [-0.3, -0.25) is 4.79 Å². The number of anilines is 1. The first kappa shape index (κ1) is 20.1. The summed E-state index contributed by atoms with van der Waals surface area (Å²) < 4.78 is 7.14. The summed E-state index contributed by atoms with van der Waals surface area (Å²) in [6.07, 6.45) is 0. The van der Waals surface area contributed by atoms with Gasteiger partial charge in [-0.2, -0.15) is 0 Å². The van der Waals surface area contributed by atoms with Crippen molar-refractivity contribution in [2.75, 3.05) is 17.9 Å². The summed E-state index contributed by atoms with van der Waals surface area (Å²) in [6.45, 7) is 0. The van der Waals surface area contributed by atoms with Crippen LogP contribution in [-0.2, 0) is 4.79 Å². The smallest absolute Gasteiger partial charge is 0.240 e. The molecular formula is C24H21N5O2S. The van der Waals surface area contributed by atoms with Crippen LogP contribution >= 0.6 is 11.8 Å². The van der Waals surface area contributed by atoms with E-state index < -0.39 is 5.25 Å². The van der Waals surface area contributed by atoms with Gasteiger partial charge in [0.15, 0.2) is 5.82 Å². The van der Waals surface area contributed by atoms with E-state index in [2.05, 4.69) is 20.9 Å². The van der Waals surface area contributed by atoms with Crippen LogP contribution in [-0.4, -0.2) is 33.1 Å². The lowest BCUT2D eigenvalue weighted by molar-refractivity contribution is -0.116. The number of thioether (sulfide) groups is 1. The van der Waals surface area contributed by atoms with E-state index in [9.17, 15) is 4.79 Å². The second-order valence-corrected chi connectivity index (χ2v) is 8.39. The number of carbonyl (C=O) groups is 1. The molecule has 1 aliphatic heterocycles. The molecule has 0 saturated heterocycles. The van der Waals surface area contributed by atoms with E-state index in [-0.39, 0.29) is 11.9 Å². The number of nitrogens with one attached hydrogen (secondary N) is 2. The first-order valence-electron chi connectivity index (χ1n) is 10.2. The van der Waals surface area contributed by atoms with Crippen LogP contribution in [0.4, 0.5) is 5.69 Å². The lowest BCUT2D eigenvalue weighted by Crippen LogP contribution is -2.41. The van der Waals surface area contributed by atoms with Crippen molar-refractivity contribution in [3.05, 3.63) is 90.5 Å². The number of methoxy groups -OCH3 is 1. The Hall–Kier alpha value is -3.78. The molecule has 1 aromatic heterocycles. The lowest BCUT2D eigenvalue weighted by atomic mass is 10.0. The van der Waals surface area contributed by atoms with Crippen molar-refractivity contribution in [2.24, 2.45) is 0 Å². The Morgan fingerprint density at radius 3 is 2.50 bits per heavy atom. The fourth-order valence-electron chi connectivity index (χ4n) is 3.65. The Morgan fingerprint density at radius 1 is 1.00 bits per heavy atom. The standard InChI is InChI=1S/C24H21N5O2S/c1-31-19-14-8-13-18(15-19)25-23(30)21-20(16-9-4-2-5-10-16)28-29-22(26-27-24(29)32-21)17-11-6-3-7-12-17/h2-15,20-21,28H,1H3,(H,25,30)/t20-,21+/m0/s1. The first-order chi connectivity index (χ1) is 15.7. The molecule has 2 heterocycles. The number of hydrogen-bond acceptors (Lipinski definition) is 6. The average molecular weight is 444 g/mol. The number of ether oxygens (including phenoxy) is 1. The third kappa shape index (κ3) is 3.92. The van der Waals surface area contributed by atoms with Gasteiger partial charge in [-0.05, 0) is 17.7 Å². The summed E-state index contributed by atoms with van der Waals surface area (Å²) in [5.41, 5.74) is 6.12. The summed E-state index contributed by atoms with van der Waals surface area (Å²) in [7, 11) is 1.60. The zero-order chi connectivity index (χ0) is 21.9. The second kappa shape index (κ2) is 8.76. The van der Waals surface area contributed by atoms with Crippen LogP contribution in [0.2, 0.25) is 0 Å². The van der Waals surface area contributed by atoms with Crippen molar-refractivity contribution >= 4 is 23.4 Å². The van der Waals surface area contributed by atoms with Crippen LogP contribution < -0.4 is 15.5 Å². The molecule has 3 aromatic carbocycles. The minimum absolute atomic E-state index is 0.125. The highest BCUT2D eigenvalue weighted by atomic mass is 32.2. The monoisotopic (exact) mass is 443 g/mol. The summed E-state index contributed by atoms with van der Waals surface area (Å²) in [5, 5.41) is 11.9. The normalized spacial score (nSPS) is 17.2. The Bertz CT molecular complexity index is 1230. The third-order valence-electron chi connectivity index (χ3n) is 5.22. The van der Waals surface area contributed by atoms with Crippen molar-refractivity contribution in [1.82, 2.24) is 14.9 Å². The minimum Gasteiger partial charge on any atom is -0.497 e. The van der Waals surface area contributed by atoms with Gasteiger partial charge in [-0.1, -0.05) is 78.5 Å². The molecular weight excluding hydrogens is 422 g/mol.